The molecule has 2 N–H and O–H groups in total. The lowest BCUT2D eigenvalue weighted by atomic mass is 10.3. The van der Waals surface area contributed by atoms with Crippen LogP contribution in [0.25, 0.3) is 0 Å². The van der Waals surface area contributed by atoms with Gasteiger partial charge in [-0.3, -0.25) is 4.99 Å². The smallest absolute Gasteiger partial charge is 0.191 e. The van der Waals surface area contributed by atoms with Gasteiger partial charge in [-0.15, -0.1) is 0 Å². The molecular weight excluding hydrogens is 322 g/mol. The van der Waals surface area contributed by atoms with Crippen molar-refractivity contribution in [2.24, 2.45) is 4.99 Å². The van der Waals surface area contributed by atoms with E-state index in [9.17, 15) is 0 Å². The summed E-state index contributed by atoms with van der Waals surface area (Å²) in [6.07, 6.45) is 0. The third kappa shape index (κ3) is 6.77. The topological polar surface area (TPSA) is 54.9 Å². The molecule has 6 heteroatoms. The molecule has 1 rings (SSSR count). The Labute approximate surface area is 128 Å². The number of benzene rings is 1. The van der Waals surface area contributed by atoms with E-state index in [1.54, 1.807) is 14.2 Å². The quantitative estimate of drug-likeness (QED) is 0.452. The predicted octanol–water partition coefficient (Wildman–Crippen LogP) is 2.03. The van der Waals surface area contributed by atoms with E-state index >= 15 is 0 Å². The van der Waals surface area contributed by atoms with Crippen LogP contribution in [0.4, 0.5) is 0 Å². The molecule has 0 spiro atoms. The SMILES string of the molecule is CN=C(NCCOc1cccc(Br)c1)NC(C)COC. The summed E-state index contributed by atoms with van der Waals surface area (Å²) in [5, 5.41) is 6.42. The van der Waals surface area contributed by atoms with E-state index in [-0.39, 0.29) is 6.04 Å². The zero-order chi connectivity index (χ0) is 14.8. The second-order valence-electron chi connectivity index (χ2n) is 4.31. The minimum Gasteiger partial charge on any atom is -0.492 e. The average Bonchev–Trinajstić information content (AvgIpc) is 2.42. The van der Waals surface area contributed by atoms with Gasteiger partial charge < -0.3 is 20.1 Å². The first-order valence-electron chi connectivity index (χ1n) is 6.50. The van der Waals surface area contributed by atoms with Gasteiger partial charge in [0.2, 0.25) is 0 Å². The minimum absolute atomic E-state index is 0.206. The summed E-state index contributed by atoms with van der Waals surface area (Å²) >= 11 is 3.41. The van der Waals surface area contributed by atoms with E-state index in [1.165, 1.54) is 0 Å². The molecular formula is C14H22BrN3O2. The van der Waals surface area contributed by atoms with Crippen LogP contribution in [0.15, 0.2) is 33.7 Å². The Balaban J connectivity index is 2.25. The lowest BCUT2D eigenvalue weighted by molar-refractivity contribution is 0.179. The zero-order valence-corrected chi connectivity index (χ0v) is 13.7. The Hall–Kier alpha value is -1.27. The van der Waals surface area contributed by atoms with Gasteiger partial charge in [0.25, 0.3) is 0 Å². The van der Waals surface area contributed by atoms with Gasteiger partial charge in [0.1, 0.15) is 12.4 Å². The highest BCUT2D eigenvalue weighted by atomic mass is 79.9. The molecule has 1 unspecified atom stereocenters. The van der Waals surface area contributed by atoms with Crippen LogP contribution in [-0.4, -0.2) is 45.9 Å². The van der Waals surface area contributed by atoms with Gasteiger partial charge >= 0.3 is 0 Å². The van der Waals surface area contributed by atoms with E-state index in [0.29, 0.717) is 19.8 Å². The number of methoxy groups -OCH3 is 1. The van der Waals surface area contributed by atoms with Gasteiger partial charge in [-0.05, 0) is 25.1 Å². The van der Waals surface area contributed by atoms with E-state index in [4.69, 9.17) is 9.47 Å². The van der Waals surface area contributed by atoms with Gasteiger partial charge in [-0.2, -0.15) is 0 Å². The minimum atomic E-state index is 0.206. The van der Waals surface area contributed by atoms with Crippen LogP contribution >= 0.6 is 15.9 Å². The Bertz CT molecular complexity index is 427. The molecule has 0 fully saturated rings. The third-order valence-electron chi connectivity index (χ3n) is 2.48. The highest BCUT2D eigenvalue weighted by Crippen LogP contribution is 2.17. The lowest BCUT2D eigenvalue weighted by Gasteiger charge is -2.17. The standard InChI is InChI=1S/C14H22BrN3O2/c1-11(10-19-3)18-14(16-2)17-7-8-20-13-6-4-5-12(15)9-13/h4-6,9,11H,7-8,10H2,1-3H3,(H2,16,17,18). The third-order valence-corrected chi connectivity index (χ3v) is 2.98. The molecule has 0 amide bonds. The van der Waals surface area contributed by atoms with E-state index < -0.39 is 0 Å². The Morgan fingerprint density at radius 1 is 1.45 bits per heavy atom. The number of ether oxygens (including phenoxy) is 2. The molecule has 5 nitrogen and oxygen atoms in total. The number of guanidine groups is 1. The number of hydrogen-bond acceptors (Lipinski definition) is 3. The molecule has 112 valence electrons. The number of rotatable bonds is 7. The number of nitrogens with zero attached hydrogens (tertiary/aromatic N) is 1. The van der Waals surface area contributed by atoms with E-state index in [1.807, 2.05) is 31.2 Å². The van der Waals surface area contributed by atoms with Gasteiger partial charge in [-0.25, -0.2) is 0 Å². The molecule has 0 saturated heterocycles. The maximum atomic E-state index is 5.63. The summed E-state index contributed by atoms with van der Waals surface area (Å²) in [6, 6.07) is 7.98. The highest BCUT2D eigenvalue weighted by molar-refractivity contribution is 9.10. The largest absolute Gasteiger partial charge is 0.492 e. The second kappa shape index (κ2) is 9.61. The van der Waals surface area contributed by atoms with Gasteiger partial charge in [0.05, 0.1) is 13.2 Å². The first-order valence-corrected chi connectivity index (χ1v) is 7.29. The van der Waals surface area contributed by atoms with Crippen molar-refractivity contribution < 1.29 is 9.47 Å². The first kappa shape index (κ1) is 16.8. The van der Waals surface area contributed by atoms with Crippen LogP contribution in [0.5, 0.6) is 5.75 Å². The van der Waals surface area contributed by atoms with Crippen molar-refractivity contribution in [3.05, 3.63) is 28.7 Å². The van der Waals surface area contributed by atoms with Crippen molar-refractivity contribution in [2.45, 2.75) is 13.0 Å². The Kier molecular flexibility index (Phi) is 8.06. The lowest BCUT2D eigenvalue weighted by Crippen LogP contribution is -2.45. The van der Waals surface area contributed by atoms with Crippen LogP contribution in [-0.2, 0) is 4.74 Å². The first-order chi connectivity index (χ1) is 9.65. The van der Waals surface area contributed by atoms with Crippen LogP contribution in [0, 0.1) is 0 Å². The molecule has 0 bridgehead atoms. The predicted molar refractivity (Wildman–Crippen MR) is 85.5 cm³/mol. The fourth-order valence-corrected chi connectivity index (χ4v) is 1.99. The molecule has 0 aliphatic heterocycles. The van der Waals surface area contributed by atoms with Crippen LogP contribution in [0.1, 0.15) is 6.92 Å². The van der Waals surface area contributed by atoms with E-state index in [0.717, 1.165) is 16.2 Å². The summed E-state index contributed by atoms with van der Waals surface area (Å²) in [5.41, 5.74) is 0. The van der Waals surface area contributed by atoms with Crippen molar-refractivity contribution in [1.82, 2.24) is 10.6 Å². The fourth-order valence-electron chi connectivity index (χ4n) is 1.61. The summed E-state index contributed by atoms with van der Waals surface area (Å²) < 4.78 is 11.7. The number of halogens is 1. The van der Waals surface area contributed by atoms with Gasteiger partial charge in [0.15, 0.2) is 5.96 Å². The van der Waals surface area contributed by atoms with Crippen molar-refractivity contribution in [3.8, 4) is 5.75 Å². The molecule has 0 radical (unpaired) electrons. The molecule has 1 aromatic carbocycles. The second-order valence-corrected chi connectivity index (χ2v) is 5.22. The zero-order valence-electron chi connectivity index (χ0n) is 12.1. The van der Waals surface area contributed by atoms with Crippen LogP contribution in [0.2, 0.25) is 0 Å². The van der Waals surface area contributed by atoms with Crippen LogP contribution in [0.3, 0.4) is 0 Å². The molecule has 0 saturated carbocycles. The molecule has 0 aliphatic rings. The van der Waals surface area contributed by atoms with Crippen molar-refractivity contribution >= 4 is 21.9 Å². The summed E-state index contributed by atoms with van der Waals surface area (Å²) in [7, 11) is 3.42. The number of aliphatic imine (C=N–C) groups is 1. The Morgan fingerprint density at radius 2 is 2.25 bits per heavy atom. The van der Waals surface area contributed by atoms with Crippen molar-refractivity contribution in [2.75, 3.05) is 33.9 Å². The molecule has 0 heterocycles. The van der Waals surface area contributed by atoms with Gasteiger partial charge in [0, 0.05) is 24.7 Å². The van der Waals surface area contributed by atoms with E-state index in [2.05, 4.69) is 31.6 Å². The average molecular weight is 344 g/mol. The summed E-state index contributed by atoms with van der Waals surface area (Å²) in [5.74, 6) is 1.59. The van der Waals surface area contributed by atoms with Crippen molar-refractivity contribution in [3.63, 3.8) is 0 Å². The maximum absolute atomic E-state index is 5.63. The molecule has 0 aromatic heterocycles. The van der Waals surface area contributed by atoms with Crippen molar-refractivity contribution in [1.29, 1.82) is 0 Å². The van der Waals surface area contributed by atoms with Crippen LogP contribution < -0.4 is 15.4 Å². The summed E-state index contributed by atoms with van der Waals surface area (Å²) in [4.78, 5) is 4.14. The molecule has 20 heavy (non-hydrogen) atoms. The Morgan fingerprint density at radius 3 is 2.90 bits per heavy atom. The summed E-state index contributed by atoms with van der Waals surface area (Å²) in [6.45, 7) is 3.91. The molecule has 0 aliphatic carbocycles. The maximum Gasteiger partial charge on any atom is 0.191 e. The number of nitrogens with one attached hydrogen (secondary N) is 2. The highest BCUT2D eigenvalue weighted by Gasteiger charge is 2.03. The number of hydrogen-bond donors (Lipinski definition) is 2. The van der Waals surface area contributed by atoms with Gasteiger partial charge in [-0.1, -0.05) is 22.0 Å². The fraction of sp³-hybridized carbons (Fsp3) is 0.500. The molecule has 1 atom stereocenters. The normalized spacial score (nSPS) is 12.9. The monoisotopic (exact) mass is 343 g/mol. The molecule has 1 aromatic rings.